The minimum Gasteiger partial charge on any atom is -0.489 e. The molecule has 4 nitrogen and oxygen atoms in total. The number of carbonyl (C=O) groups excluding carboxylic acids is 1. The molecule has 0 saturated carbocycles. The van der Waals surface area contributed by atoms with Crippen molar-refractivity contribution >= 4 is 5.91 Å². The lowest BCUT2D eigenvalue weighted by Gasteiger charge is -2.18. The molecular formula is C13H19FN2O2. The van der Waals surface area contributed by atoms with Gasteiger partial charge in [-0.3, -0.25) is 4.79 Å². The third-order valence-corrected chi connectivity index (χ3v) is 2.44. The van der Waals surface area contributed by atoms with Crippen LogP contribution in [0.15, 0.2) is 24.3 Å². The normalized spacial score (nSPS) is 12.0. The summed E-state index contributed by atoms with van der Waals surface area (Å²) in [5.74, 6) is -0.241. The standard InChI is InChI=1S/C13H19FN2O2/c1-10(15)9-13(17)16(2)7-8-18-12-6-4-3-5-11(12)14/h3-6,10H,7-9,15H2,1-2H3. The van der Waals surface area contributed by atoms with Crippen LogP contribution in [0, 0.1) is 5.82 Å². The number of nitrogens with two attached hydrogens (primary N) is 1. The lowest BCUT2D eigenvalue weighted by molar-refractivity contribution is -0.130. The molecule has 100 valence electrons. The summed E-state index contributed by atoms with van der Waals surface area (Å²) in [5, 5.41) is 0. The molecule has 0 saturated heterocycles. The Morgan fingerprint density at radius 2 is 2.17 bits per heavy atom. The van der Waals surface area contributed by atoms with Gasteiger partial charge in [0.25, 0.3) is 0 Å². The number of carbonyl (C=O) groups is 1. The predicted octanol–water partition coefficient (Wildman–Crippen LogP) is 1.40. The maximum Gasteiger partial charge on any atom is 0.223 e. The highest BCUT2D eigenvalue weighted by Crippen LogP contribution is 2.14. The first-order chi connectivity index (χ1) is 8.50. The number of para-hydroxylation sites is 1. The molecule has 1 aromatic carbocycles. The van der Waals surface area contributed by atoms with Gasteiger partial charge in [0, 0.05) is 19.5 Å². The summed E-state index contributed by atoms with van der Waals surface area (Å²) in [6.45, 7) is 2.43. The molecule has 1 unspecified atom stereocenters. The van der Waals surface area contributed by atoms with Crippen molar-refractivity contribution in [2.45, 2.75) is 19.4 Å². The monoisotopic (exact) mass is 254 g/mol. The highest BCUT2D eigenvalue weighted by atomic mass is 19.1. The van der Waals surface area contributed by atoms with Crippen LogP contribution in [0.25, 0.3) is 0 Å². The van der Waals surface area contributed by atoms with Crippen molar-refractivity contribution in [1.29, 1.82) is 0 Å². The Hall–Kier alpha value is -1.62. The van der Waals surface area contributed by atoms with Crippen LogP contribution in [-0.4, -0.2) is 37.0 Å². The quantitative estimate of drug-likeness (QED) is 0.835. The maximum absolute atomic E-state index is 13.2. The zero-order chi connectivity index (χ0) is 13.5. The summed E-state index contributed by atoms with van der Waals surface area (Å²) in [6, 6.07) is 6.02. The summed E-state index contributed by atoms with van der Waals surface area (Å²) in [6.07, 6.45) is 0.302. The van der Waals surface area contributed by atoms with Gasteiger partial charge in [-0.15, -0.1) is 0 Å². The molecule has 0 radical (unpaired) electrons. The number of ether oxygens (including phenoxy) is 1. The van der Waals surface area contributed by atoms with Gasteiger partial charge in [-0.05, 0) is 19.1 Å². The first-order valence-corrected chi connectivity index (χ1v) is 5.87. The topological polar surface area (TPSA) is 55.6 Å². The van der Waals surface area contributed by atoms with Gasteiger partial charge in [0.05, 0.1) is 6.54 Å². The molecule has 0 aromatic heterocycles. The molecule has 0 bridgehead atoms. The molecule has 1 rings (SSSR count). The summed E-state index contributed by atoms with van der Waals surface area (Å²) in [7, 11) is 1.68. The van der Waals surface area contributed by atoms with Crippen LogP contribution in [0.2, 0.25) is 0 Å². The molecule has 2 N–H and O–H groups in total. The predicted molar refractivity (Wildman–Crippen MR) is 67.8 cm³/mol. The molecule has 0 spiro atoms. The van der Waals surface area contributed by atoms with Crippen LogP contribution in [0.5, 0.6) is 5.75 Å². The molecule has 0 heterocycles. The summed E-state index contributed by atoms with van der Waals surface area (Å²) in [5.41, 5.74) is 5.54. The molecule has 18 heavy (non-hydrogen) atoms. The fraction of sp³-hybridized carbons (Fsp3) is 0.462. The SMILES string of the molecule is CC(N)CC(=O)N(C)CCOc1ccccc1F. The van der Waals surface area contributed by atoms with Gasteiger partial charge < -0.3 is 15.4 Å². The summed E-state index contributed by atoms with van der Waals surface area (Å²) in [4.78, 5) is 13.1. The second-order valence-corrected chi connectivity index (χ2v) is 4.28. The van der Waals surface area contributed by atoms with Gasteiger partial charge in [-0.25, -0.2) is 4.39 Å². The molecule has 1 atom stereocenters. The Morgan fingerprint density at radius 1 is 1.50 bits per heavy atom. The molecule has 0 fully saturated rings. The van der Waals surface area contributed by atoms with Gasteiger partial charge in [-0.1, -0.05) is 12.1 Å². The first-order valence-electron chi connectivity index (χ1n) is 5.87. The Bertz CT molecular complexity index is 396. The van der Waals surface area contributed by atoms with E-state index in [4.69, 9.17) is 10.5 Å². The van der Waals surface area contributed by atoms with E-state index in [1.54, 1.807) is 32.2 Å². The van der Waals surface area contributed by atoms with Crippen LogP contribution in [0.3, 0.4) is 0 Å². The summed E-state index contributed by atoms with van der Waals surface area (Å²) >= 11 is 0. The average molecular weight is 254 g/mol. The second-order valence-electron chi connectivity index (χ2n) is 4.28. The minimum atomic E-state index is -0.401. The van der Waals surface area contributed by atoms with Crippen molar-refractivity contribution in [3.05, 3.63) is 30.1 Å². The van der Waals surface area contributed by atoms with Gasteiger partial charge in [0.1, 0.15) is 6.61 Å². The van der Waals surface area contributed by atoms with Crippen molar-refractivity contribution in [2.24, 2.45) is 5.73 Å². The van der Waals surface area contributed by atoms with E-state index in [-0.39, 0.29) is 24.3 Å². The molecule has 0 aliphatic heterocycles. The van der Waals surface area contributed by atoms with Crippen molar-refractivity contribution in [3.63, 3.8) is 0 Å². The number of benzene rings is 1. The molecule has 0 aliphatic rings. The van der Waals surface area contributed by atoms with Crippen LogP contribution < -0.4 is 10.5 Å². The number of nitrogens with zero attached hydrogens (tertiary/aromatic N) is 1. The minimum absolute atomic E-state index is 0.0397. The van der Waals surface area contributed by atoms with Gasteiger partial charge in [-0.2, -0.15) is 0 Å². The maximum atomic E-state index is 13.2. The van der Waals surface area contributed by atoms with Crippen molar-refractivity contribution in [2.75, 3.05) is 20.2 Å². The fourth-order valence-electron chi connectivity index (χ4n) is 1.41. The summed E-state index contributed by atoms with van der Waals surface area (Å²) < 4.78 is 18.5. The van der Waals surface area contributed by atoms with E-state index in [9.17, 15) is 9.18 Å². The lowest BCUT2D eigenvalue weighted by Crippen LogP contribution is -2.34. The van der Waals surface area contributed by atoms with Crippen LogP contribution in [0.4, 0.5) is 4.39 Å². The molecule has 0 aliphatic carbocycles. The Labute approximate surface area is 107 Å². The number of hydrogen-bond donors (Lipinski definition) is 1. The van der Waals surface area contributed by atoms with Crippen LogP contribution >= 0.6 is 0 Å². The third-order valence-electron chi connectivity index (χ3n) is 2.44. The van der Waals surface area contributed by atoms with E-state index in [0.29, 0.717) is 13.0 Å². The van der Waals surface area contributed by atoms with Gasteiger partial charge in [0.15, 0.2) is 11.6 Å². The van der Waals surface area contributed by atoms with Crippen molar-refractivity contribution < 1.29 is 13.9 Å². The van der Waals surface area contributed by atoms with Gasteiger partial charge in [0.2, 0.25) is 5.91 Å². The Kier molecular flexibility index (Phi) is 5.58. The van der Waals surface area contributed by atoms with Crippen LogP contribution in [0.1, 0.15) is 13.3 Å². The molecule has 5 heteroatoms. The number of amides is 1. The number of halogens is 1. The van der Waals surface area contributed by atoms with Crippen molar-refractivity contribution in [1.82, 2.24) is 4.90 Å². The Balaban J connectivity index is 2.34. The van der Waals surface area contributed by atoms with E-state index in [1.807, 2.05) is 0 Å². The van der Waals surface area contributed by atoms with Crippen molar-refractivity contribution in [3.8, 4) is 5.75 Å². The fourth-order valence-corrected chi connectivity index (χ4v) is 1.41. The molecule has 1 amide bonds. The molecular weight excluding hydrogens is 235 g/mol. The lowest BCUT2D eigenvalue weighted by atomic mass is 10.2. The largest absolute Gasteiger partial charge is 0.489 e. The highest BCUT2D eigenvalue weighted by Gasteiger charge is 2.11. The number of likely N-dealkylation sites (N-methyl/N-ethyl adjacent to an activating group) is 1. The van der Waals surface area contributed by atoms with E-state index < -0.39 is 5.82 Å². The number of rotatable bonds is 6. The number of hydrogen-bond acceptors (Lipinski definition) is 3. The van der Waals surface area contributed by atoms with E-state index in [1.165, 1.54) is 11.0 Å². The Morgan fingerprint density at radius 3 is 2.78 bits per heavy atom. The smallest absolute Gasteiger partial charge is 0.223 e. The average Bonchev–Trinajstić information content (AvgIpc) is 2.30. The van der Waals surface area contributed by atoms with E-state index in [0.717, 1.165) is 0 Å². The highest BCUT2D eigenvalue weighted by molar-refractivity contribution is 5.76. The first kappa shape index (κ1) is 14.4. The zero-order valence-corrected chi connectivity index (χ0v) is 10.7. The van der Waals surface area contributed by atoms with E-state index in [2.05, 4.69) is 0 Å². The van der Waals surface area contributed by atoms with Gasteiger partial charge >= 0.3 is 0 Å². The van der Waals surface area contributed by atoms with E-state index >= 15 is 0 Å². The third kappa shape index (κ3) is 4.71. The molecule has 1 aromatic rings. The zero-order valence-electron chi connectivity index (χ0n) is 10.7. The van der Waals surface area contributed by atoms with Crippen LogP contribution in [-0.2, 0) is 4.79 Å². The second kappa shape index (κ2) is 6.96.